The standard InChI is InChI=1S/C20H24ClFN4O/c1-15-2-6-26(23-15)19(27)25-8-4-20(5-9-25)3-7-24(14-20)13-16-10-17(21)12-18(22)11-16/h2,6,10-12H,3-5,7-9,13-14H2,1H3. The van der Waals surface area contributed by atoms with E-state index in [0.29, 0.717) is 11.6 Å². The number of hydrogen-bond donors (Lipinski definition) is 0. The largest absolute Gasteiger partial charge is 0.344 e. The molecule has 0 aliphatic carbocycles. The SMILES string of the molecule is Cc1ccn(C(=O)N2CCC3(CCN(Cc4cc(F)cc(Cl)c4)C3)CC2)n1. The molecule has 2 fully saturated rings. The molecule has 1 spiro atoms. The summed E-state index contributed by atoms with van der Waals surface area (Å²) in [6.45, 7) is 6.11. The average Bonchev–Trinajstić information content (AvgIpc) is 3.21. The van der Waals surface area contributed by atoms with Gasteiger partial charge >= 0.3 is 6.03 Å². The van der Waals surface area contributed by atoms with Crippen molar-refractivity contribution in [2.24, 2.45) is 5.41 Å². The minimum absolute atomic E-state index is 0.0396. The van der Waals surface area contributed by atoms with Gasteiger partial charge in [0.15, 0.2) is 0 Å². The van der Waals surface area contributed by atoms with Gasteiger partial charge in [-0.25, -0.2) is 9.18 Å². The number of carbonyl (C=O) groups is 1. The fraction of sp³-hybridized carbons (Fsp3) is 0.500. The van der Waals surface area contributed by atoms with Gasteiger partial charge < -0.3 is 4.90 Å². The quantitative estimate of drug-likeness (QED) is 0.779. The third-order valence-corrected chi connectivity index (χ3v) is 6.08. The Bertz CT molecular complexity index is 824. The Morgan fingerprint density at radius 3 is 2.63 bits per heavy atom. The van der Waals surface area contributed by atoms with Crippen LogP contribution < -0.4 is 0 Å². The molecule has 3 heterocycles. The van der Waals surface area contributed by atoms with Crippen molar-refractivity contribution in [1.82, 2.24) is 19.6 Å². The Balaban J connectivity index is 1.34. The highest BCUT2D eigenvalue weighted by Crippen LogP contribution is 2.41. The Morgan fingerprint density at radius 2 is 1.96 bits per heavy atom. The zero-order valence-electron chi connectivity index (χ0n) is 15.5. The zero-order valence-corrected chi connectivity index (χ0v) is 16.3. The van der Waals surface area contributed by atoms with Crippen LogP contribution in [0.25, 0.3) is 0 Å². The summed E-state index contributed by atoms with van der Waals surface area (Å²) in [5, 5.41) is 4.67. The van der Waals surface area contributed by atoms with Gasteiger partial charge in [-0.15, -0.1) is 0 Å². The molecule has 0 radical (unpaired) electrons. The second-order valence-corrected chi connectivity index (χ2v) is 8.35. The fourth-order valence-electron chi connectivity index (χ4n) is 4.37. The number of amides is 1. The van der Waals surface area contributed by atoms with Crippen LogP contribution in [0.4, 0.5) is 9.18 Å². The molecule has 1 aromatic carbocycles. The molecule has 2 aliphatic rings. The smallest absolute Gasteiger partial charge is 0.323 e. The van der Waals surface area contributed by atoms with Crippen molar-refractivity contribution in [3.05, 3.63) is 52.6 Å². The van der Waals surface area contributed by atoms with Gasteiger partial charge in [-0.2, -0.15) is 9.78 Å². The summed E-state index contributed by atoms with van der Waals surface area (Å²) >= 11 is 5.97. The number of halogens is 2. The van der Waals surface area contributed by atoms with Crippen molar-refractivity contribution >= 4 is 17.6 Å². The monoisotopic (exact) mass is 390 g/mol. The van der Waals surface area contributed by atoms with Crippen LogP contribution in [-0.4, -0.2) is 51.8 Å². The van der Waals surface area contributed by atoms with Crippen LogP contribution in [0.15, 0.2) is 30.5 Å². The first kappa shape index (κ1) is 18.4. The molecule has 5 nitrogen and oxygen atoms in total. The number of hydrogen-bond acceptors (Lipinski definition) is 3. The predicted octanol–water partition coefficient (Wildman–Crippen LogP) is 3.94. The molecule has 4 rings (SSSR count). The minimum Gasteiger partial charge on any atom is -0.323 e. The molecule has 27 heavy (non-hydrogen) atoms. The van der Waals surface area contributed by atoms with Crippen molar-refractivity contribution in [3.63, 3.8) is 0 Å². The molecule has 0 atom stereocenters. The molecule has 0 saturated carbocycles. The van der Waals surface area contributed by atoms with E-state index in [1.165, 1.54) is 10.7 Å². The lowest BCUT2D eigenvalue weighted by Gasteiger charge is -2.39. The van der Waals surface area contributed by atoms with E-state index < -0.39 is 0 Å². The second-order valence-electron chi connectivity index (χ2n) is 7.91. The normalized spacial score (nSPS) is 19.7. The first-order valence-corrected chi connectivity index (χ1v) is 9.79. The molecule has 144 valence electrons. The van der Waals surface area contributed by atoms with E-state index in [4.69, 9.17) is 11.6 Å². The summed E-state index contributed by atoms with van der Waals surface area (Å²) in [4.78, 5) is 16.8. The van der Waals surface area contributed by atoms with E-state index in [1.54, 1.807) is 12.3 Å². The first-order valence-electron chi connectivity index (χ1n) is 9.41. The third-order valence-electron chi connectivity index (χ3n) is 5.86. The maximum atomic E-state index is 13.6. The fourth-order valence-corrected chi connectivity index (χ4v) is 4.61. The number of benzene rings is 1. The van der Waals surface area contributed by atoms with Gasteiger partial charge in [0, 0.05) is 37.4 Å². The van der Waals surface area contributed by atoms with Gasteiger partial charge in [0.1, 0.15) is 5.82 Å². The number of aromatic nitrogens is 2. The van der Waals surface area contributed by atoms with Gasteiger partial charge in [0.2, 0.25) is 0 Å². The highest BCUT2D eigenvalue weighted by Gasteiger charge is 2.41. The third kappa shape index (κ3) is 4.01. The van der Waals surface area contributed by atoms with E-state index >= 15 is 0 Å². The Labute approximate surface area is 163 Å². The Hall–Kier alpha value is -1.92. The van der Waals surface area contributed by atoms with E-state index in [2.05, 4.69) is 10.00 Å². The molecule has 1 aromatic heterocycles. The molecule has 2 saturated heterocycles. The molecular formula is C20H24ClFN4O. The number of carbonyl (C=O) groups excluding carboxylic acids is 1. The van der Waals surface area contributed by atoms with Crippen LogP contribution >= 0.6 is 11.6 Å². The second kappa shape index (κ2) is 7.24. The summed E-state index contributed by atoms with van der Waals surface area (Å²) in [6, 6.07) is 6.54. The molecule has 0 N–H and O–H groups in total. The number of rotatable bonds is 2. The van der Waals surface area contributed by atoms with Crippen molar-refractivity contribution in [2.45, 2.75) is 32.7 Å². The Kier molecular flexibility index (Phi) is 4.95. The molecule has 1 amide bonds. The summed E-state index contributed by atoms with van der Waals surface area (Å²) < 4.78 is 15.0. The number of likely N-dealkylation sites (tertiary alicyclic amines) is 2. The lowest BCUT2D eigenvalue weighted by molar-refractivity contribution is 0.118. The van der Waals surface area contributed by atoms with Crippen molar-refractivity contribution in [3.8, 4) is 0 Å². The molecule has 2 aromatic rings. The molecule has 2 aliphatic heterocycles. The van der Waals surface area contributed by atoms with Crippen molar-refractivity contribution < 1.29 is 9.18 Å². The summed E-state index contributed by atoms with van der Waals surface area (Å²) in [6.07, 6.45) is 4.85. The predicted molar refractivity (Wildman–Crippen MR) is 102 cm³/mol. The first-order chi connectivity index (χ1) is 12.9. The van der Waals surface area contributed by atoms with Crippen LogP contribution in [0.2, 0.25) is 5.02 Å². The number of piperidine rings is 1. The topological polar surface area (TPSA) is 41.4 Å². The van der Waals surface area contributed by atoms with Gasteiger partial charge in [-0.1, -0.05) is 11.6 Å². The highest BCUT2D eigenvalue weighted by molar-refractivity contribution is 6.30. The van der Waals surface area contributed by atoms with E-state index in [-0.39, 0.29) is 17.3 Å². The van der Waals surface area contributed by atoms with E-state index in [0.717, 1.165) is 56.7 Å². The van der Waals surface area contributed by atoms with Gasteiger partial charge in [-0.05, 0) is 68.0 Å². The van der Waals surface area contributed by atoms with Crippen LogP contribution in [0.5, 0.6) is 0 Å². The lowest BCUT2D eigenvalue weighted by Crippen LogP contribution is -2.45. The van der Waals surface area contributed by atoms with Gasteiger partial charge in [0.25, 0.3) is 0 Å². The average molecular weight is 391 g/mol. The van der Waals surface area contributed by atoms with Crippen molar-refractivity contribution in [1.29, 1.82) is 0 Å². The van der Waals surface area contributed by atoms with Crippen LogP contribution in [0.1, 0.15) is 30.5 Å². The molecule has 7 heteroatoms. The zero-order chi connectivity index (χ0) is 19.0. The summed E-state index contributed by atoms with van der Waals surface area (Å²) in [7, 11) is 0. The maximum absolute atomic E-state index is 13.6. The van der Waals surface area contributed by atoms with E-state index in [9.17, 15) is 9.18 Å². The lowest BCUT2D eigenvalue weighted by atomic mass is 9.78. The van der Waals surface area contributed by atoms with Gasteiger partial charge in [0.05, 0.1) is 5.69 Å². The highest BCUT2D eigenvalue weighted by atomic mass is 35.5. The summed E-state index contributed by atoms with van der Waals surface area (Å²) in [5.41, 5.74) is 2.02. The number of aryl methyl sites for hydroxylation is 1. The Morgan fingerprint density at radius 1 is 1.22 bits per heavy atom. The van der Waals surface area contributed by atoms with E-state index in [1.807, 2.05) is 24.0 Å². The minimum atomic E-state index is -0.285. The van der Waals surface area contributed by atoms with Crippen molar-refractivity contribution in [2.75, 3.05) is 26.2 Å². The molecular weight excluding hydrogens is 367 g/mol. The van der Waals surface area contributed by atoms with Crippen LogP contribution in [0.3, 0.4) is 0 Å². The molecule has 0 bridgehead atoms. The van der Waals surface area contributed by atoms with Gasteiger partial charge in [-0.3, -0.25) is 4.90 Å². The molecule has 0 unspecified atom stereocenters. The van der Waals surface area contributed by atoms with Crippen LogP contribution in [0, 0.1) is 18.2 Å². The maximum Gasteiger partial charge on any atom is 0.344 e. The number of nitrogens with zero attached hydrogens (tertiary/aromatic N) is 4. The summed E-state index contributed by atoms with van der Waals surface area (Å²) in [5.74, 6) is -0.285. The van der Waals surface area contributed by atoms with Crippen LogP contribution in [-0.2, 0) is 6.54 Å².